The van der Waals surface area contributed by atoms with E-state index in [9.17, 15) is 9.18 Å². The van der Waals surface area contributed by atoms with Gasteiger partial charge in [-0.2, -0.15) is 0 Å². The summed E-state index contributed by atoms with van der Waals surface area (Å²) in [5, 5.41) is 4.12. The average Bonchev–Trinajstić information content (AvgIpc) is 3.25. The van der Waals surface area contributed by atoms with E-state index in [0.717, 1.165) is 5.52 Å². The molecule has 0 radical (unpaired) electrons. The van der Waals surface area contributed by atoms with Gasteiger partial charge in [-0.05, 0) is 30.3 Å². The summed E-state index contributed by atoms with van der Waals surface area (Å²) in [4.78, 5) is 23.6. The lowest BCUT2D eigenvalue weighted by Crippen LogP contribution is -2.24. The Kier molecular flexibility index (Phi) is 4.10. The molecule has 126 valence electrons. The summed E-state index contributed by atoms with van der Waals surface area (Å²) in [7, 11) is 0. The second kappa shape index (κ2) is 6.56. The molecule has 4 aromatic rings. The second-order valence-electron chi connectivity index (χ2n) is 5.36. The lowest BCUT2D eigenvalue weighted by Gasteiger charge is -2.03. The van der Waals surface area contributed by atoms with E-state index >= 15 is 0 Å². The van der Waals surface area contributed by atoms with Crippen molar-refractivity contribution in [3.8, 4) is 0 Å². The third-order valence-corrected chi connectivity index (χ3v) is 4.68. The Balaban J connectivity index is 1.51. The first kappa shape index (κ1) is 15.6. The molecule has 2 N–H and O–H groups in total. The first-order valence-corrected chi connectivity index (χ1v) is 8.53. The minimum atomic E-state index is -0.321. The number of hydrogen-bond acceptors (Lipinski definition) is 5. The third-order valence-electron chi connectivity index (χ3n) is 3.69. The van der Waals surface area contributed by atoms with E-state index in [1.165, 1.54) is 30.2 Å². The summed E-state index contributed by atoms with van der Waals surface area (Å²) in [6.07, 6.45) is 2.98. The van der Waals surface area contributed by atoms with Gasteiger partial charge in [-0.3, -0.25) is 4.79 Å². The molecular formula is C17H13FN4O2S. The van der Waals surface area contributed by atoms with E-state index in [4.69, 9.17) is 4.42 Å². The largest absolute Gasteiger partial charge is 0.467 e. The molecule has 6 nitrogen and oxygen atoms in total. The molecule has 8 heteroatoms. The van der Waals surface area contributed by atoms with Crippen LogP contribution in [0, 0.1) is 5.82 Å². The monoisotopic (exact) mass is 356 g/mol. The van der Waals surface area contributed by atoms with Gasteiger partial charge in [-0.1, -0.05) is 11.8 Å². The number of carbonyl (C=O) groups excluding carboxylic acids is 1. The number of carbonyl (C=O) groups is 1. The number of H-pyrrole nitrogens is 1. The topological polar surface area (TPSA) is 83.8 Å². The van der Waals surface area contributed by atoms with Crippen LogP contribution in [0.5, 0.6) is 0 Å². The Hall–Kier alpha value is -2.87. The highest BCUT2D eigenvalue weighted by Gasteiger charge is 2.13. The smallest absolute Gasteiger partial charge is 0.230 e. The first-order valence-electron chi connectivity index (χ1n) is 7.54. The molecule has 3 heterocycles. The molecule has 0 unspecified atom stereocenters. The average molecular weight is 356 g/mol. The van der Waals surface area contributed by atoms with Crippen molar-refractivity contribution in [1.82, 2.24) is 20.3 Å². The summed E-state index contributed by atoms with van der Waals surface area (Å²) < 4.78 is 18.6. The van der Waals surface area contributed by atoms with Crippen molar-refractivity contribution >= 4 is 39.6 Å². The molecule has 0 aliphatic heterocycles. The summed E-state index contributed by atoms with van der Waals surface area (Å²) in [5.74, 6) is 0.450. The van der Waals surface area contributed by atoms with Crippen molar-refractivity contribution in [2.24, 2.45) is 0 Å². The number of fused-ring (bicyclic) bond motifs is 3. The van der Waals surface area contributed by atoms with Gasteiger partial charge in [-0.25, -0.2) is 14.4 Å². The van der Waals surface area contributed by atoms with E-state index in [-0.39, 0.29) is 17.5 Å². The number of amides is 1. The van der Waals surface area contributed by atoms with Gasteiger partial charge in [0.2, 0.25) is 5.91 Å². The highest BCUT2D eigenvalue weighted by Crippen LogP contribution is 2.29. The fourth-order valence-electron chi connectivity index (χ4n) is 2.54. The van der Waals surface area contributed by atoms with Crippen LogP contribution in [0.1, 0.15) is 5.76 Å². The van der Waals surface area contributed by atoms with E-state index in [0.29, 0.717) is 33.8 Å². The van der Waals surface area contributed by atoms with Gasteiger partial charge >= 0.3 is 0 Å². The van der Waals surface area contributed by atoms with E-state index in [1.807, 2.05) is 0 Å². The lowest BCUT2D eigenvalue weighted by molar-refractivity contribution is -0.118. The van der Waals surface area contributed by atoms with Gasteiger partial charge in [0.05, 0.1) is 24.1 Å². The molecule has 25 heavy (non-hydrogen) atoms. The fourth-order valence-corrected chi connectivity index (χ4v) is 3.32. The Morgan fingerprint density at radius 3 is 3.08 bits per heavy atom. The molecule has 0 saturated carbocycles. The lowest BCUT2D eigenvalue weighted by atomic mass is 10.2. The molecule has 0 bridgehead atoms. The Morgan fingerprint density at radius 2 is 2.24 bits per heavy atom. The number of thioether (sulfide) groups is 1. The Morgan fingerprint density at radius 1 is 1.32 bits per heavy atom. The molecule has 4 rings (SSSR count). The van der Waals surface area contributed by atoms with Crippen LogP contribution in [0.4, 0.5) is 4.39 Å². The SMILES string of the molecule is O=C(CSc1ncnc2c1[nH]c1ccc(F)cc12)NCc1ccco1. The molecular weight excluding hydrogens is 343 g/mol. The van der Waals surface area contributed by atoms with E-state index in [2.05, 4.69) is 20.3 Å². The minimum Gasteiger partial charge on any atom is -0.467 e. The van der Waals surface area contributed by atoms with Gasteiger partial charge in [0.1, 0.15) is 28.4 Å². The number of nitrogens with one attached hydrogen (secondary N) is 2. The summed E-state index contributed by atoms with van der Waals surface area (Å²) in [5.41, 5.74) is 2.12. The molecule has 3 aromatic heterocycles. The number of benzene rings is 1. The number of nitrogens with zero attached hydrogens (tertiary/aromatic N) is 2. The third kappa shape index (κ3) is 3.20. The maximum atomic E-state index is 13.5. The van der Waals surface area contributed by atoms with Crippen molar-refractivity contribution in [2.45, 2.75) is 11.6 Å². The van der Waals surface area contributed by atoms with Crippen molar-refractivity contribution in [3.05, 3.63) is 54.5 Å². The van der Waals surface area contributed by atoms with Gasteiger partial charge in [0.25, 0.3) is 0 Å². The maximum Gasteiger partial charge on any atom is 0.230 e. The van der Waals surface area contributed by atoms with Crippen LogP contribution in [-0.2, 0) is 11.3 Å². The quantitative estimate of drug-likeness (QED) is 0.424. The maximum absolute atomic E-state index is 13.5. The normalized spacial score (nSPS) is 11.2. The highest BCUT2D eigenvalue weighted by molar-refractivity contribution is 8.00. The van der Waals surface area contributed by atoms with Crippen molar-refractivity contribution in [1.29, 1.82) is 0 Å². The zero-order chi connectivity index (χ0) is 17.2. The zero-order valence-electron chi connectivity index (χ0n) is 13.0. The summed E-state index contributed by atoms with van der Waals surface area (Å²) >= 11 is 1.30. The molecule has 0 saturated heterocycles. The van der Waals surface area contributed by atoms with E-state index in [1.54, 1.807) is 24.5 Å². The standard InChI is InChI=1S/C17H13FN4O2S/c18-10-3-4-13-12(6-10)15-16(22-13)17(21-9-20-15)25-8-14(23)19-7-11-2-1-5-24-11/h1-6,9,22H,7-8H2,(H,19,23). The fraction of sp³-hybridized carbons (Fsp3) is 0.118. The first-order chi connectivity index (χ1) is 12.2. The second-order valence-corrected chi connectivity index (χ2v) is 6.33. The van der Waals surface area contributed by atoms with Gasteiger partial charge in [0, 0.05) is 10.9 Å². The highest BCUT2D eigenvalue weighted by atomic mass is 32.2. The molecule has 0 aliphatic carbocycles. The predicted molar refractivity (Wildman–Crippen MR) is 92.6 cm³/mol. The van der Waals surface area contributed by atoms with Crippen LogP contribution in [0.2, 0.25) is 0 Å². The zero-order valence-corrected chi connectivity index (χ0v) is 13.8. The van der Waals surface area contributed by atoms with Crippen LogP contribution < -0.4 is 5.32 Å². The van der Waals surface area contributed by atoms with Crippen LogP contribution in [0.15, 0.2) is 52.4 Å². The summed E-state index contributed by atoms with van der Waals surface area (Å²) in [6, 6.07) is 8.06. The Bertz CT molecular complexity index is 1050. The molecule has 0 fully saturated rings. The molecule has 0 aliphatic rings. The van der Waals surface area contributed by atoms with Crippen LogP contribution in [0.25, 0.3) is 21.9 Å². The molecule has 0 spiro atoms. The Labute approximate surface area is 145 Å². The van der Waals surface area contributed by atoms with Gasteiger partial charge in [-0.15, -0.1) is 0 Å². The minimum absolute atomic E-state index is 0.129. The van der Waals surface area contributed by atoms with Gasteiger partial charge < -0.3 is 14.7 Å². The van der Waals surface area contributed by atoms with Crippen molar-refractivity contribution < 1.29 is 13.6 Å². The van der Waals surface area contributed by atoms with E-state index < -0.39 is 0 Å². The summed E-state index contributed by atoms with van der Waals surface area (Å²) in [6.45, 7) is 0.344. The van der Waals surface area contributed by atoms with Crippen molar-refractivity contribution in [3.63, 3.8) is 0 Å². The number of hydrogen-bond donors (Lipinski definition) is 2. The molecule has 1 aromatic carbocycles. The number of furan rings is 1. The van der Waals surface area contributed by atoms with Crippen LogP contribution in [-0.4, -0.2) is 26.6 Å². The molecule has 0 atom stereocenters. The predicted octanol–water partition coefficient (Wildman–Crippen LogP) is 3.25. The number of aromatic nitrogens is 3. The molecule has 1 amide bonds. The van der Waals surface area contributed by atoms with Crippen LogP contribution in [0.3, 0.4) is 0 Å². The number of aromatic amines is 1. The van der Waals surface area contributed by atoms with Crippen LogP contribution >= 0.6 is 11.8 Å². The van der Waals surface area contributed by atoms with Gasteiger partial charge in [0.15, 0.2) is 0 Å². The number of rotatable bonds is 5. The van der Waals surface area contributed by atoms with Crippen molar-refractivity contribution in [2.75, 3.05) is 5.75 Å². The number of halogens is 1.